The normalized spacial score (nSPS) is 16.2. The van der Waals surface area contributed by atoms with Crippen molar-refractivity contribution in [3.63, 3.8) is 0 Å². The average molecular weight is 289 g/mol. The lowest BCUT2D eigenvalue weighted by atomic mass is 9.97. The predicted molar refractivity (Wildman–Crippen MR) is 86.1 cm³/mol. The van der Waals surface area contributed by atoms with E-state index in [9.17, 15) is 0 Å². The van der Waals surface area contributed by atoms with Crippen LogP contribution in [-0.4, -0.2) is 5.75 Å². The van der Waals surface area contributed by atoms with E-state index >= 15 is 0 Å². The molecule has 1 nitrogen and oxygen atoms in total. The first-order valence-electron chi connectivity index (χ1n) is 6.67. The lowest BCUT2D eigenvalue weighted by Gasteiger charge is -2.14. The molecule has 0 aliphatic carbocycles. The summed E-state index contributed by atoms with van der Waals surface area (Å²) in [7, 11) is 0. The molecule has 3 rings (SSSR count). The maximum Gasteiger partial charge on any atom is 0.0648 e. The molecule has 0 saturated heterocycles. The summed E-state index contributed by atoms with van der Waals surface area (Å²) in [5.41, 5.74) is 11.9. The van der Waals surface area contributed by atoms with Gasteiger partial charge in [0.1, 0.15) is 0 Å². The molecule has 3 heteroatoms. The van der Waals surface area contributed by atoms with Crippen molar-refractivity contribution in [2.24, 2.45) is 5.73 Å². The number of fused-ring (bicyclic) bond motifs is 1. The lowest BCUT2D eigenvalue weighted by molar-refractivity contribution is 0.878. The minimum absolute atomic E-state index is 0.0282. The molecule has 100 valence electrons. The first-order chi connectivity index (χ1) is 9.16. The van der Waals surface area contributed by atoms with Crippen LogP contribution in [0.4, 0.5) is 0 Å². The second-order valence-corrected chi connectivity index (χ2v) is 7.44. The summed E-state index contributed by atoms with van der Waals surface area (Å²) < 4.78 is 0. The highest BCUT2D eigenvalue weighted by Gasteiger charge is 2.19. The number of benzene rings is 1. The second kappa shape index (κ2) is 5.31. The fourth-order valence-corrected chi connectivity index (χ4v) is 4.98. The zero-order valence-electron chi connectivity index (χ0n) is 11.4. The Morgan fingerprint density at radius 1 is 1.26 bits per heavy atom. The molecule has 0 saturated carbocycles. The van der Waals surface area contributed by atoms with Crippen LogP contribution in [0.1, 0.15) is 38.0 Å². The Morgan fingerprint density at radius 3 is 2.89 bits per heavy atom. The highest BCUT2D eigenvalue weighted by Crippen LogP contribution is 2.36. The van der Waals surface area contributed by atoms with Gasteiger partial charge in [0.25, 0.3) is 0 Å². The third-order valence-electron chi connectivity index (χ3n) is 3.93. The van der Waals surface area contributed by atoms with Gasteiger partial charge in [0.05, 0.1) is 6.04 Å². The van der Waals surface area contributed by atoms with Crippen LogP contribution in [0, 0.1) is 13.8 Å². The predicted octanol–water partition coefficient (Wildman–Crippen LogP) is 4.20. The van der Waals surface area contributed by atoms with Gasteiger partial charge in [-0.15, -0.1) is 11.3 Å². The maximum atomic E-state index is 6.50. The van der Waals surface area contributed by atoms with E-state index in [0.717, 1.165) is 5.75 Å². The van der Waals surface area contributed by atoms with Gasteiger partial charge in [0, 0.05) is 15.5 Å². The summed E-state index contributed by atoms with van der Waals surface area (Å²) in [4.78, 5) is 2.87. The van der Waals surface area contributed by atoms with E-state index in [1.54, 1.807) is 4.88 Å². The van der Waals surface area contributed by atoms with Gasteiger partial charge in [-0.3, -0.25) is 0 Å². The van der Waals surface area contributed by atoms with Crippen LogP contribution in [0.3, 0.4) is 0 Å². The third kappa shape index (κ3) is 2.47. The fraction of sp³-hybridized carbons (Fsp3) is 0.375. The molecule has 0 bridgehead atoms. The average Bonchev–Trinajstić information content (AvgIpc) is 2.85. The van der Waals surface area contributed by atoms with Crippen LogP contribution in [0.5, 0.6) is 0 Å². The first-order valence-corrected chi connectivity index (χ1v) is 8.65. The summed E-state index contributed by atoms with van der Waals surface area (Å²) in [6, 6.07) is 8.79. The van der Waals surface area contributed by atoms with Crippen molar-refractivity contribution in [2.75, 3.05) is 5.75 Å². The number of thioether (sulfide) groups is 1. The van der Waals surface area contributed by atoms with Gasteiger partial charge in [-0.05, 0) is 54.3 Å². The SMILES string of the molecule is Cc1cccc(C(N)c2cc3c(s2)CCSC3)c1C. The number of rotatable bonds is 2. The van der Waals surface area contributed by atoms with Gasteiger partial charge >= 0.3 is 0 Å². The second-order valence-electron chi connectivity index (χ2n) is 5.17. The van der Waals surface area contributed by atoms with Crippen molar-refractivity contribution in [3.05, 3.63) is 56.3 Å². The lowest BCUT2D eigenvalue weighted by Crippen LogP contribution is -2.12. The third-order valence-corrected chi connectivity index (χ3v) is 6.26. The van der Waals surface area contributed by atoms with E-state index in [4.69, 9.17) is 5.73 Å². The van der Waals surface area contributed by atoms with Gasteiger partial charge in [0.2, 0.25) is 0 Å². The number of nitrogens with two attached hydrogens (primary N) is 1. The number of hydrogen-bond donors (Lipinski definition) is 1. The molecule has 0 spiro atoms. The molecule has 1 aromatic carbocycles. The van der Waals surface area contributed by atoms with Crippen LogP contribution >= 0.6 is 23.1 Å². The Morgan fingerprint density at radius 2 is 2.11 bits per heavy atom. The van der Waals surface area contributed by atoms with Crippen LogP contribution in [0.15, 0.2) is 24.3 Å². The van der Waals surface area contributed by atoms with Crippen molar-refractivity contribution >= 4 is 23.1 Å². The van der Waals surface area contributed by atoms with Crippen molar-refractivity contribution in [3.8, 4) is 0 Å². The Labute approximate surface area is 123 Å². The summed E-state index contributed by atoms with van der Waals surface area (Å²) >= 11 is 3.94. The van der Waals surface area contributed by atoms with E-state index in [1.165, 1.54) is 39.3 Å². The van der Waals surface area contributed by atoms with Crippen LogP contribution in [-0.2, 0) is 12.2 Å². The molecule has 2 heterocycles. The van der Waals surface area contributed by atoms with E-state index in [0.29, 0.717) is 0 Å². The van der Waals surface area contributed by atoms with E-state index in [1.807, 2.05) is 23.1 Å². The summed E-state index contributed by atoms with van der Waals surface area (Å²) in [6.07, 6.45) is 1.21. The standard InChI is InChI=1S/C16H19NS2/c1-10-4-3-5-13(11(10)2)16(17)15-8-12-9-18-7-6-14(12)19-15/h3-5,8,16H,6-7,9,17H2,1-2H3. The fourth-order valence-electron chi connectivity index (χ4n) is 2.59. The molecule has 0 radical (unpaired) electrons. The summed E-state index contributed by atoms with van der Waals surface area (Å²) in [5, 5.41) is 0. The Bertz CT molecular complexity index is 577. The zero-order chi connectivity index (χ0) is 13.4. The maximum absolute atomic E-state index is 6.50. The van der Waals surface area contributed by atoms with Gasteiger partial charge in [-0.1, -0.05) is 18.2 Å². The minimum atomic E-state index is 0.0282. The molecular formula is C16H19NS2. The topological polar surface area (TPSA) is 26.0 Å². The molecule has 19 heavy (non-hydrogen) atoms. The van der Waals surface area contributed by atoms with Crippen molar-refractivity contribution < 1.29 is 0 Å². The largest absolute Gasteiger partial charge is 0.320 e. The molecule has 1 aliphatic rings. The molecule has 2 N–H and O–H groups in total. The van der Waals surface area contributed by atoms with Crippen molar-refractivity contribution in [1.82, 2.24) is 0 Å². The smallest absolute Gasteiger partial charge is 0.0648 e. The van der Waals surface area contributed by atoms with Crippen molar-refractivity contribution in [2.45, 2.75) is 32.1 Å². The highest BCUT2D eigenvalue weighted by atomic mass is 32.2. The molecule has 1 aliphatic heterocycles. The quantitative estimate of drug-likeness (QED) is 0.896. The number of aryl methyl sites for hydroxylation is 2. The van der Waals surface area contributed by atoms with Gasteiger partial charge in [-0.2, -0.15) is 11.8 Å². The minimum Gasteiger partial charge on any atom is -0.320 e. The molecule has 2 aromatic rings. The summed E-state index contributed by atoms with van der Waals surface area (Å²) in [5.74, 6) is 2.41. The molecular weight excluding hydrogens is 270 g/mol. The Kier molecular flexibility index (Phi) is 3.70. The Hall–Kier alpha value is -0.770. The molecule has 0 fully saturated rings. The van der Waals surface area contributed by atoms with Crippen molar-refractivity contribution in [1.29, 1.82) is 0 Å². The van der Waals surface area contributed by atoms with Crippen LogP contribution < -0.4 is 5.73 Å². The zero-order valence-corrected chi connectivity index (χ0v) is 13.0. The number of thiophene rings is 1. The molecule has 0 amide bonds. The van der Waals surface area contributed by atoms with Gasteiger partial charge in [0.15, 0.2) is 0 Å². The monoisotopic (exact) mass is 289 g/mol. The summed E-state index contributed by atoms with van der Waals surface area (Å²) in [6.45, 7) is 4.33. The van der Waals surface area contributed by atoms with E-state index in [-0.39, 0.29) is 6.04 Å². The van der Waals surface area contributed by atoms with Crippen LogP contribution in [0.2, 0.25) is 0 Å². The molecule has 1 unspecified atom stereocenters. The Balaban J connectivity index is 1.97. The van der Waals surface area contributed by atoms with Gasteiger partial charge < -0.3 is 5.73 Å². The van der Waals surface area contributed by atoms with E-state index < -0.39 is 0 Å². The first kappa shape index (κ1) is 13.2. The molecule has 1 aromatic heterocycles. The van der Waals surface area contributed by atoms with Crippen LogP contribution in [0.25, 0.3) is 0 Å². The molecule has 1 atom stereocenters. The number of hydrogen-bond acceptors (Lipinski definition) is 3. The van der Waals surface area contributed by atoms with Gasteiger partial charge in [-0.25, -0.2) is 0 Å². The van der Waals surface area contributed by atoms with E-state index in [2.05, 4.69) is 38.1 Å². The highest BCUT2D eigenvalue weighted by molar-refractivity contribution is 7.98.